The molecule has 2 aliphatic rings. The van der Waals surface area contributed by atoms with Gasteiger partial charge in [-0.15, -0.1) is 0 Å². The fraction of sp³-hybridized carbons (Fsp3) is 0.600. The Bertz CT molecular complexity index is 1700. The molecule has 1 saturated heterocycles. The molecule has 23 N–H and O–H groups in total. The number of carbonyl (C=O) groups excluding carboxylic acids is 7. The number of amides is 8. The quantitative estimate of drug-likeness (QED) is 0.0715. The van der Waals surface area contributed by atoms with Gasteiger partial charge in [-0.3, -0.25) is 47.0 Å². The van der Waals surface area contributed by atoms with Gasteiger partial charge < -0.3 is 80.8 Å². The number of nitrogens with two attached hydrogens (primary N) is 4. The first-order chi connectivity index (χ1) is 26.7. The monoisotopic (exact) mass is 881 g/mol. The first-order valence-corrected chi connectivity index (χ1v) is 18.9. The number of guanidine groups is 1. The van der Waals surface area contributed by atoms with Crippen LogP contribution in [0.4, 0.5) is 4.79 Å². The number of aliphatic hydroxyl groups excluding tert-OH is 3. The summed E-state index contributed by atoms with van der Waals surface area (Å²) >= 11 is 0. The van der Waals surface area contributed by atoms with Crippen molar-refractivity contribution in [2.45, 2.75) is 68.2 Å². The lowest BCUT2D eigenvalue weighted by Crippen LogP contribution is -2.64. The lowest BCUT2D eigenvalue weighted by Gasteiger charge is -2.33. The molecule has 2 heterocycles. The molecule has 0 radical (unpaired) electrons. The topological polar surface area (TPSA) is 542 Å². The molecule has 0 aromatic carbocycles. The van der Waals surface area contributed by atoms with Gasteiger partial charge in [0, 0.05) is 31.6 Å². The zero-order valence-corrected chi connectivity index (χ0v) is 31.6. The molecule has 2 aliphatic heterocycles. The van der Waals surface area contributed by atoms with E-state index >= 15 is 0 Å². The minimum atomic E-state index is -4.67. The zero-order valence-electron chi connectivity index (χ0n) is 30.0. The van der Waals surface area contributed by atoms with Gasteiger partial charge in [0.2, 0.25) is 29.5 Å². The molecule has 0 unspecified atom stereocenters. The first kappa shape index (κ1) is 52.6. The summed E-state index contributed by atoms with van der Waals surface area (Å²) in [6, 6.07) is -9.66. The molecule has 8 amide bonds. The molecular weight excluding hydrogens is 834 g/mol. The maximum Gasteiger partial charge on any atom is 0.394 e. The number of nitrogens with zero attached hydrogens (tertiary/aromatic N) is 1. The molecule has 0 bridgehead atoms. The van der Waals surface area contributed by atoms with Crippen molar-refractivity contribution < 1.29 is 83.9 Å². The number of rotatable bonds is 10. The Kier molecular flexibility index (Phi) is 22.8. The number of nitrogens with one attached hydrogen (secondary N) is 8. The third-order valence-electron chi connectivity index (χ3n) is 6.91. The van der Waals surface area contributed by atoms with Crippen molar-refractivity contribution in [2.75, 3.05) is 26.3 Å². The van der Waals surface area contributed by atoms with Crippen LogP contribution in [0.1, 0.15) is 25.7 Å². The Balaban J connectivity index is 0.00000288. The zero-order chi connectivity index (χ0) is 45.0. The second-order valence-electron chi connectivity index (χ2n) is 11.6. The Hall–Kier alpha value is -5.36. The number of hydrogen-bond donors (Lipinski definition) is 19. The third kappa shape index (κ3) is 23.6. The summed E-state index contributed by atoms with van der Waals surface area (Å²) in [4.78, 5) is 94.0. The van der Waals surface area contributed by atoms with E-state index in [1.807, 2.05) is 5.32 Å². The van der Waals surface area contributed by atoms with Gasteiger partial charge in [-0.25, -0.2) is 9.79 Å². The van der Waals surface area contributed by atoms with Crippen LogP contribution < -0.4 is 65.5 Å². The van der Waals surface area contributed by atoms with Crippen LogP contribution in [0.5, 0.6) is 0 Å². The second kappa shape index (κ2) is 25.1. The number of hydrogen-bond acceptors (Lipinski definition) is 19. The van der Waals surface area contributed by atoms with Crippen molar-refractivity contribution in [1.29, 1.82) is 0 Å². The Labute approximate surface area is 328 Å². The van der Waals surface area contributed by atoms with Crippen LogP contribution in [0, 0.1) is 0 Å². The predicted octanol–water partition coefficient (Wildman–Crippen LogP) is -10.2. The van der Waals surface area contributed by atoms with Crippen molar-refractivity contribution in [3.05, 3.63) is 11.9 Å². The van der Waals surface area contributed by atoms with Crippen LogP contribution in [-0.2, 0) is 49.6 Å². The van der Waals surface area contributed by atoms with Gasteiger partial charge in [-0.1, -0.05) is 0 Å². The van der Waals surface area contributed by atoms with Gasteiger partial charge in [0.25, 0.3) is 5.91 Å². The van der Waals surface area contributed by atoms with Crippen LogP contribution >= 0.6 is 0 Å². The molecule has 7 atom stereocenters. The largest absolute Gasteiger partial charge is 0.394 e. The van der Waals surface area contributed by atoms with Crippen molar-refractivity contribution in [3.8, 4) is 0 Å². The summed E-state index contributed by atoms with van der Waals surface area (Å²) < 4.78 is 63.2. The van der Waals surface area contributed by atoms with Gasteiger partial charge >= 0.3 is 26.8 Å². The van der Waals surface area contributed by atoms with Crippen LogP contribution in [-0.4, -0.2) is 167 Å². The molecule has 58 heavy (non-hydrogen) atoms. The number of primary amides is 1. The number of urea groups is 1. The summed E-state index contributed by atoms with van der Waals surface area (Å²) in [5, 5.41) is 47.9. The van der Waals surface area contributed by atoms with E-state index in [4.69, 9.17) is 58.0 Å². The second-order valence-corrected chi connectivity index (χ2v) is 13.4. The van der Waals surface area contributed by atoms with E-state index < -0.39 is 130 Å². The molecule has 0 spiro atoms. The lowest BCUT2D eigenvalue weighted by atomic mass is 10.0. The lowest BCUT2D eigenvalue weighted by molar-refractivity contribution is -0.135. The summed E-state index contributed by atoms with van der Waals surface area (Å²) in [5.41, 5.74) is 21.5. The highest BCUT2D eigenvalue weighted by molar-refractivity contribution is 7.80. The van der Waals surface area contributed by atoms with Crippen LogP contribution in [0.3, 0.4) is 0 Å². The van der Waals surface area contributed by atoms with E-state index in [1.54, 1.807) is 0 Å². The summed E-state index contributed by atoms with van der Waals surface area (Å²) in [5.74, 6) is -6.65. The van der Waals surface area contributed by atoms with Gasteiger partial charge in [-0.2, -0.15) is 16.8 Å². The summed E-state index contributed by atoms with van der Waals surface area (Å²) in [6.45, 7) is -2.36. The SMILES string of the molecule is NCCC[C@H](N)CC(=O)N[C@H]1CNC(=O)[C@@H]([C@@H]2C[C@H](O)N=C(N)N2)NC(=O)/C(=C/NC(N)=O)NC(=O)[C@H](CO)NC(=O)[C@H](CO)NC1=O.O=S(=O)(O)O.O=S(=O)(O)O. The minimum Gasteiger partial charge on any atom is -0.394 e. The minimum absolute atomic E-state index is 0.245. The molecule has 0 aromatic heterocycles. The molecule has 332 valence electrons. The van der Waals surface area contributed by atoms with Crippen molar-refractivity contribution in [1.82, 2.24) is 42.5 Å². The molecule has 33 heteroatoms. The van der Waals surface area contributed by atoms with Crippen molar-refractivity contribution in [3.63, 3.8) is 0 Å². The van der Waals surface area contributed by atoms with Crippen molar-refractivity contribution >= 4 is 68.2 Å². The maximum absolute atomic E-state index is 13.6. The normalized spacial score (nSPS) is 24.8. The molecule has 0 aliphatic carbocycles. The van der Waals surface area contributed by atoms with E-state index in [-0.39, 0.29) is 18.8 Å². The number of carbonyl (C=O) groups is 7. The number of aliphatic imine (C=N–C) groups is 1. The fourth-order valence-corrected chi connectivity index (χ4v) is 4.46. The molecule has 0 saturated carbocycles. The Morgan fingerprint density at radius 1 is 0.879 bits per heavy atom. The van der Waals surface area contributed by atoms with E-state index in [2.05, 4.69) is 42.2 Å². The molecule has 1 fully saturated rings. The molecule has 2 rings (SSSR count). The van der Waals surface area contributed by atoms with Crippen LogP contribution in [0.25, 0.3) is 0 Å². The fourth-order valence-electron chi connectivity index (χ4n) is 4.46. The highest BCUT2D eigenvalue weighted by Gasteiger charge is 2.37. The van der Waals surface area contributed by atoms with Gasteiger partial charge in [0.15, 0.2) is 12.2 Å². The highest BCUT2D eigenvalue weighted by atomic mass is 32.3. The van der Waals surface area contributed by atoms with Gasteiger partial charge in [0.05, 0.1) is 19.3 Å². The predicted molar refractivity (Wildman–Crippen MR) is 192 cm³/mol. The van der Waals surface area contributed by atoms with Gasteiger partial charge in [-0.05, 0) is 19.4 Å². The third-order valence-corrected chi connectivity index (χ3v) is 6.91. The van der Waals surface area contributed by atoms with E-state index in [0.717, 1.165) is 0 Å². The highest BCUT2D eigenvalue weighted by Crippen LogP contribution is 2.11. The smallest absolute Gasteiger partial charge is 0.394 e. The first-order valence-electron chi connectivity index (χ1n) is 16.1. The average molecular weight is 882 g/mol. The Morgan fingerprint density at radius 2 is 1.41 bits per heavy atom. The van der Waals surface area contributed by atoms with E-state index in [1.165, 1.54) is 0 Å². The standard InChI is InChI=1S/C25H43N13O10.2H2O4S/c26-3-1-2-10(27)4-16(41)32-12-6-30-23(47)18(11-5-17(42)37-24(28)36-11)38-20(44)13(7-31-25(29)48)33-21(45)14(8-39)35-22(46)15(9-40)34-19(12)43;2*1-5(2,3)4/h7,10-12,14-15,17-18,39-40,42H,1-6,8-9,26-27H2,(H,30,47)(H,32,41)(H,33,45)(H,34,43)(H,35,46)(H,38,44)(H3,28,36,37)(H3,29,31,48);2*(H2,1,2,3,4)/b13-7-;;/t10-,11-,12-,14-,15-,17-,18+;;/m0../s1. The van der Waals surface area contributed by atoms with E-state index in [9.17, 15) is 48.9 Å². The summed E-state index contributed by atoms with van der Waals surface area (Å²) in [6.07, 6.45) is -0.339. The molecular formula is C25H47N13O18S2. The van der Waals surface area contributed by atoms with Crippen molar-refractivity contribution in [2.24, 2.45) is 27.9 Å². The summed E-state index contributed by atoms with van der Waals surface area (Å²) in [7, 11) is -9.33. The molecule has 0 aromatic rings. The number of aliphatic hydroxyl groups is 3. The van der Waals surface area contributed by atoms with Gasteiger partial charge in [0.1, 0.15) is 29.9 Å². The Morgan fingerprint density at radius 3 is 1.91 bits per heavy atom. The van der Waals surface area contributed by atoms with Crippen LogP contribution in [0.2, 0.25) is 0 Å². The van der Waals surface area contributed by atoms with Crippen LogP contribution in [0.15, 0.2) is 16.9 Å². The average Bonchev–Trinajstić information content (AvgIpc) is 3.08. The van der Waals surface area contributed by atoms with E-state index in [0.29, 0.717) is 25.6 Å². The maximum atomic E-state index is 13.6. The molecule has 31 nitrogen and oxygen atoms in total.